The number of rotatable bonds is 5. The molecule has 1 saturated heterocycles. The highest BCUT2D eigenvalue weighted by Gasteiger charge is 2.18. The number of carbonyl (C=O) groups excluding carboxylic acids is 1. The number of fused-ring (bicyclic) bond motifs is 1. The van der Waals surface area contributed by atoms with E-state index in [4.69, 9.17) is 0 Å². The van der Waals surface area contributed by atoms with Gasteiger partial charge in [0.15, 0.2) is 5.13 Å². The number of hydrogen-bond donors (Lipinski definition) is 2. The molecular formula is C19H20N4O3S2. The number of carbonyl (C=O) groups is 1. The number of anilines is 2. The quantitative estimate of drug-likeness (QED) is 0.667. The lowest BCUT2D eigenvalue weighted by molar-refractivity contribution is 0.0963. The number of aromatic nitrogens is 1. The van der Waals surface area contributed by atoms with Crippen LogP contribution in [0, 0.1) is 0 Å². The molecule has 0 saturated carbocycles. The predicted molar refractivity (Wildman–Crippen MR) is 112 cm³/mol. The van der Waals surface area contributed by atoms with E-state index in [2.05, 4.69) is 19.9 Å². The lowest BCUT2D eigenvalue weighted by Gasteiger charge is -2.11. The minimum absolute atomic E-state index is 0.0994. The van der Waals surface area contributed by atoms with Gasteiger partial charge in [0.25, 0.3) is 15.9 Å². The van der Waals surface area contributed by atoms with Gasteiger partial charge in [0.05, 0.1) is 20.8 Å². The van der Waals surface area contributed by atoms with Gasteiger partial charge in [0, 0.05) is 25.7 Å². The molecule has 1 aromatic heterocycles. The number of nitrogens with zero attached hydrogens (tertiary/aromatic N) is 2. The lowest BCUT2D eigenvalue weighted by Crippen LogP contribution is -2.18. The molecule has 0 spiro atoms. The van der Waals surface area contributed by atoms with E-state index in [1.165, 1.54) is 44.2 Å². The zero-order valence-corrected chi connectivity index (χ0v) is 16.9. The van der Waals surface area contributed by atoms with Crippen molar-refractivity contribution in [3.05, 3.63) is 48.0 Å². The molecule has 4 rings (SSSR count). The molecule has 0 radical (unpaired) electrons. The average Bonchev–Trinajstić information content (AvgIpc) is 3.36. The Morgan fingerprint density at radius 3 is 2.50 bits per heavy atom. The average molecular weight is 417 g/mol. The van der Waals surface area contributed by atoms with Gasteiger partial charge in [-0.3, -0.25) is 9.52 Å². The number of benzene rings is 2. The van der Waals surface area contributed by atoms with Crippen molar-refractivity contribution in [3.8, 4) is 0 Å². The van der Waals surface area contributed by atoms with Crippen LogP contribution in [0.2, 0.25) is 0 Å². The molecule has 1 amide bonds. The maximum atomic E-state index is 12.7. The van der Waals surface area contributed by atoms with Crippen LogP contribution in [0.5, 0.6) is 0 Å². The Morgan fingerprint density at radius 1 is 1.11 bits per heavy atom. The molecule has 146 valence electrons. The highest BCUT2D eigenvalue weighted by atomic mass is 32.2. The molecule has 9 heteroatoms. The van der Waals surface area contributed by atoms with Crippen molar-refractivity contribution in [1.82, 2.24) is 10.3 Å². The zero-order chi connectivity index (χ0) is 19.7. The number of thiazole rings is 1. The fourth-order valence-corrected chi connectivity index (χ4v) is 5.27. The Kier molecular flexibility index (Phi) is 4.94. The van der Waals surface area contributed by atoms with E-state index in [0.29, 0.717) is 11.3 Å². The van der Waals surface area contributed by atoms with Crippen molar-refractivity contribution in [2.24, 2.45) is 0 Å². The molecule has 3 aromatic rings. The van der Waals surface area contributed by atoms with Crippen molar-refractivity contribution < 1.29 is 13.2 Å². The topological polar surface area (TPSA) is 91.4 Å². The maximum Gasteiger partial charge on any atom is 0.261 e. The SMILES string of the molecule is CNC(=O)c1ccc(S(=O)(=O)Nc2ccc3nc(N4CCCC4)sc3c2)cc1. The van der Waals surface area contributed by atoms with Crippen molar-refractivity contribution in [1.29, 1.82) is 0 Å². The van der Waals surface area contributed by atoms with Gasteiger partial charge < -0.3 is 10.2 Å². The third kappa shape index (κ3) is 3.67. The third-order valence-corrected chi connectivity index (χ3v) is 7.14. The molecule has 0 aliphatic carbocycles. The second kappa shape index (κ2) is 7.40. The summed E-state index contributed by atoms with van der Waals surface area (Å²) in [6, 6.07) is 11.2. The largest absolute Gasteiger partial charge is 0.355 e. The van der Waals surface area contributed by atoms with Gasteiger partial charge >= 0.3 is 0 Å². The first-order valence-electron chi connectivity index (χ1n) is 8.97. The summed E-state index contributed by atoms with van der Waals surface area (Å²) in [4.78, 5) is 18.6. The van der Waals surface area contributed by atoms with Crippen LogP contribution in [0.3, 0.4) is 0 Å². The van der Waals surface area contributed by atoms with E-state index >= 15 is 0 Å². The van der Waals surface area contributed by atoms with Crippen LogP contribution in [0.25, 0.3) is 10.2 Å². The van der Waals surface area contributed by atoms with E-state index in [1.807, 2.05) is 12.1 Å². The van der Waals surface area contributed by atoms with Crippen LogP contribution in [-0.4, -0.2) is 39.4 Å². The summed E-state index contributed by atoms with van der Waals surface area (Å²) >= 11 is 1.57. The molecular weight excluding hydrogens is 396 g/mol. The van der Waals surface area contributed by atoms with Crippen LogP contribution in [0.1, 0.15) is 23.2 Å². The van der Waals surface area contributed by atoms with Crippen molar-refractivity contribution in [2.45, 2.75) is 17.7 Å². The first kappa shape index (κ1) is 18.7. The standard InChI is InChI=1S/C19H20N4O3S2/c1-20-18(24)13-4-7-15(8-5-13)28(25,26)22-14-6-9-16-17(12-14)27-19(21-16)23-10-2-3-11-23/h4-9,12,22H,2-3,10-11H2,1H3,(H,20,24). The molecule has 0 atom stereocenters. The molecule has 28 heavy (non-hydrogen) atoms. The normalized spacial score (nSPS) is 14.4. The molecule has 1 aliphatic heterocycles. The Balaban J connectivity index is 1.56. The van der Waals surface area contributed by atoms with Gasteiger partial charge in [-0.1, -0.05) is 11.3 Å². The van der Waals surface area contributed by atoms with Crippen molar-refractivity contribution in [2.75, 3.05) is 29.8 Å². The first-order chi connectivity index (χ1) is 13.5. The van der Waals surface area contributed by atoms with Crippen molar-refractivity contribution in [3.63, 3.8) is 0 Å². The maximum absolute atomic E-state index is 12.7. The summed E-state index contributed by atoms with van der Waals surface area (Å²) in [5.41, 5.74) is 1.76. The summed E-state index contributed by atoms with van der Waals surface area (Å²) in [6.07, 6.45) is 2.36. The van der Waals surface area contributed by atoms with Crippen LogP contribution >= 0.6 is 11.3 Å². The van der Waals surface area contributed by atoms with Gasteiger partial charge in [-0.25, -0.2) is 13.4 Å². The second-order valence-corrected chi connectivity index (χ2v) is 9.27. The molecule has 2 N–H and O–H groups in total. The molecule has 2 heterocycles. The second-order valence-electron chi connectivity index (χ2n) is 6.58. The minimum atomic E-state index is -3.75. The van der Waals surface area contributed by atoms with E-state index in [1.54, 1.807) is 17.4 Å². The predicted octanol–water partition coefficient (Wildman–Crippen LogP) is 3.06. The van der Waals surface area contributed by atoms with Crippen LogP contribution in [0.4, 0.5) is 10.8 Å². The Bertz CT molecular complexity index is 1120. The number of amides is 1. The summed E-state index contributed by atoms with van der Waals surface area (Å²) in [6.45, 7) is 2.04. The van der Waals surface area contributed by atoms with Gasteiger partial charge in [-0.05, 0) is 55.3 Å². The van der Waals surface area contributed by atoms with Crippen molar-refractivity contribution >= 4 is 48.3 Å². The van der Waals surface area contributed by atoms with E-state index in [9.17, 15) is 13.2 Å². The van der Waals surface area contributed by atoms with Gasteiger partial charge in [-0.15, -0.1) is 0 Å². The molecule has 0 bridgehead atoms. The van der Waals surface area contributed by atoms with Gasteiger partial charge in [0.1, 0.15) is 0 Å². The highest BCUT2D eigenvalue weighted by molar-refractivity contribution is 7.92. The smallest absolute Gasteiger partial charge is 0.261 e. The number of sulfonamides is 1. The fraction of sp³-hybridized carbons (Fsp3) is 0.263. The Labute approximate surface area is 167 Å². The van der Waals surface area contributed by atoms with Crippen LogP contribution in [0.15, 0.2) is 47.4 Å². The lowest BCUT2D eigenvalue weighted by atomic mass is 10.2. The fourth-order valence-electron chi connectivity index (χ4n) is 3.16. The van der Waals surface area contributed by atoms with E-state index in [0.717, 1.165) is 28.4 Å². The van der Waals surface area contributed by atoms with Crippen LogP contribution in [-0.2, 0) is 10.0 Å². The summed E-state index contributed by atoms with van der Waals surface area (Å²) < 4.78 is 28.9. The number of nitrogens with one attached hydrogen (secondary N) is 2. The number of hydrogen-bond acceptors (Lipinski definition) is 6. The Morgan fingerprint density at radius 2 is 1.82 bits per heavy atom. The van der Waals surface area contributed by atoms with Crippen LogP contribution < -0.4 is 14.9 Å². The monoisotopic (exact) mass is 416 g/mol. The highest BCUT2D eigenvalue weighted by Crippen LogP contribution is 2.32. The zero-order valence-electron chi connectivity index (χ0n) is 15.3. The third-order valence-electron chi connectivity index (χ3n) is 4.66. The molecule has 2 aromatic carbocycles. The molecule has 7 nitrogen and oxygen atoms in total. The summed E-state index contributed by atoms with van der Waals surface area (Å²) in [5.74, 6) is -0.263. The summed E-state index contributed by atoms with van der Waals surface area (Å²) in [7, 11) is -2.22. The minimum Gasteiger partial charge on any atom is -0.355 e. The molecule has 1 aliphatic rings. The molecule has 1 fully saturated rings. The van der Waals surface area contributed by atoms with Gasteiger partial charge in [0.2, 0.25) is 0 Å². The van der Waals surface area contributed by atoms with E-state index in [-0.39, 0.29) is 10.8 Å². The summed E-state index contributed by atoms with van der Waals surface area (Å²) in [5, 5.41) is 3.49. The van der Waals surface area contributed by atoms with E-state index < -0.39 is 10.0 Å². The first-order valence-corrected chi connectivity index (χ1v) is 11.3. The Hall–Kier alpha value is -2.65. The molecule has 0 unspecified atom stereocenters. The van der Waals surface area contributed by atoms with Gasteiger partial charge in [-0.2, -0.15) is 0 Å².